The van der Waals surface area contributed by atoms with Gasteiger partial charge in [0.1, 0.15) is 5.82 Å². The van der Waals surface area contributed by atoms with Crippen LogP contribution in [-0.4, -0.2) is 36.8 Å². The predicted molar refractivity (Wildman–Crippen MR) is 177 cm³/mol. The van der Waals surface area contributed by atoms with E-state index in [1.807, 2.05) is 6.92 Å². The van der Waals surface area contributed by atoms with Gasteiger partial charge in [0.25, 0.3) is 0 Å². The molecule has 242 valence electrons. The molecule has 3 rings (SSSR count). The van der Waals surface area contributed by atoms with E-state index in [4.69, 9.17) is 4.74 Å². The molecule has 4 unspecified atom stereocenters. The van der Waals surface area contributed by atoms with Gasteiger partial charge in [0.2, 0.25) is 12.2 Å². The van der Waals surface area contributed by atoms with Gasteiger partial charge >= 0.3 is 0 Å². The molecule has 4 atom stereocenters. The number of aromatic nitrogens is 1. The number of nitrogens with zero attached hydrogens (tertiary/aromatic N) is 2. The van der Waals surface area contributed by atoms with Crippen molar-refractivity contribution in [2.75, 3.05) is 25.0 Å². The van der Waals surface area contributed by atoms with E-state index >= 15 is 0 Å². The van der Waals surface area contributed by atoms with Crippen LogP contribution in [0.4, 0.5) is 5.82 Å². The van der Waals surface area contributed by atoms with E-state index in [0.717, 1.165) is 68.5 Å². The highest BCUT2D eigenvalue weighted by atomic mass is 16.5. The Labute approximate surface area is 264 Å². The molecule has 1 aromatic heterocycles. The van der Waals surface area contributed by atoms with Gasteiger partial charge in [-0.15, -0.1) is 0 Å². The second-order valence-electron chi connectivity index (χ2n) is 16.1. The van der Waals surface area contributed by atoms with Gasteiger partial charge in [0, 0.05) is 35.9 Å². The van der Waals surface area contributed by atoms with Gasteiger partial charge in [-0.2, -0.15) is 0 Å². The normalized spacial score (nSPS) is 27.3. The van der Waals surface area contributed by atoms with Gasteiger partial charge in [-0.1, -0.05) is 54.7 Å². The SMILES string of the molecule is C=C(CC1CC(C)(C)CC(C)(CN=C=O)C1)Nc1cc(=O)c(CCOC(=C)CC2CC(C)(C)CC(C)(CN=C=O)C2)c(C)[nH]1. The van der Waals surface area contributed by atoms with E-state index in [2.05, 4.69) is 75.0 Å². The van der Waals surface area contributed by atoms with Crippen LogP contribution in [0.25, 0.3) is 0 Å². The maximum absolute atomic E-state index is 13.1. The molecule has 1 aromatic rings. The Hall–Kier alpha value is -3.21. The zero-order valence-corrected chi connectivity index (χ0v) is 28.2. The Balaban J connectivity index is 1.53. The van der Waals surface area contributed by atoms with Gasteiger partial charge in [0.15, 0.2) is 5.43 Å². The number of pyridine rings is 1. The molecule has 0 aromatic carbocycles. The van der Waals surface area contributed by atoms with Gasteiger partial charge in [0.05, 0.1) is 25.5 Å². The molecule has 8 nitrogen and oxygen atoms in total. The first-order chi connectivity index (χ1) is 20.5. The standard InChI is InChI=1S/C36H54N4O4/c1-25(12-28-15-33(4,5)19-35(8,17-28)21-37-23-41)39-32-14-31(43)30(27(3)40-32)10-11-44-26(2)13-29-16-34(6,7)20-36(9,18-29)22-38-24-42/h14,28-29H,1-2,10-13,15-22H2,3-9H3,(H2,39,40,43). The van der Waals surface area contributed by atoms with E-state index in [0.29, 0.717) is 49.3 Å². The van der Waals surface area contributed by atoms with Gasteiger partial charge < -0.3 is 15.0 Å². The number of rotatable bonds is 14. The third-order valence-electron chi connectivity index (χ3n) is 9.48. The van der Waals surface area contributed by atoms with Crippen LogP contribution in [0.5, 0.6) is 0 Å². The second-order valence-corrected chi connectivity index (χ2v) is 16.1. The third kappa shape index (κ3) is 10.5. The summed E-state index contributed by atoms with van der Waals surface area (Å²) in [6.45, 7) is 25.2. The number of hydrogen-bond acceptors (Lipinski definition) is 7. The first-order valence-corrected chi connectivity index (χ1v) is 16.0. The molecular formula is C36H54N4O4. The number of carbonyl (C=O) groups excluding carboxylic acids is 2. The van der Waals surface area contributed by atoms with Crippen molar-refractivity contribution in [1.82, 2.24) is 4.98 Å². The summed E-state index contributed by atoms with van der Waals surface area (Å²) >= 11 is 0. The van der Waals surface area contributed by atoms with E-state index < -0.39 is 0 Å². The van der Waals surface area contributed by atoms with Crippen molar-refractivity contribution < 1.29 is 14.3 Å². The van der Waals surface area contributed by atoms with Crippen LogP contribution in [0.3, 0.4) is 0 Å². The Bertz CT molecular complexity index is 1360. The number of H-pyrrole nitrogens is 1. The molecule has 0 bridgehead atoms. The lowest BCUT2D eigenvalue weighted by Crippen LogP contribution is -2.38. The zero-order valence-electron chi connectivity index (χ0n) is 28.2. The molecule has 0 saturated heterocycles. The van der Waals surface area contributed by atoms with Crippen molar-refractivity contribution in [2.45, 2.75) is 106 Å². The largest absolute Gasteiger partial charge is 0.498 e. The number of anilines is 1. The second kappa shape index (κ2) is 14.3. The topological polar surface area (TPSA) is 113 Å². The number of nitrogens with one attached hydrogen (secondary N) is 2. The molecule has 2 fully saturated rings. The van der Waals surface area contributed by atoms with Crippen LogP contribution >= 0.6 is 0 Å². The quantitative estimate of drug-likeness (QED) is 0.127. The van der Waals surface area contributed by atoms with Crippen molar-refractivity contribution in [3.05, 3.63) is 52.2 Å². The summed E-state index contributed by atoms with van der Waals surface area (Å²) < 4.78 is 6.02. The van der Waals surface area contributed by atoms with Gasteiger partial charge in [-0.25, -0.2) is 19.6 Å². The number of allylic oxidation sites excluding steroid dienone is 2. The number of aliphatic imine (C=N–C) groups is 2. The minimum atomic E-state index is -0.0379. The van der Waals surface area contributed by atoms with Crippen molar-refractivity contribution in [3.8, 4) is 0 Å². The summed E-state index contributed by atoms with van der Waals surface area (Å²) in [4.78, 5) is 45.7. The lowest BCUT2D eigenvalue weighted by molar-refractivity contribution is 0.0524. The average Bonchev–Trinajstić information content (AvgIpc) is 2.85. The lowest BCUT2D eigenvalue weighted by atomic mass is 9.60. The zero-order chi connectivity index (χ0) is 32.8. The molecule has 0 aliphatic heterocycles. The fraction of sp³-hybridized carbons (Fsp3) is 0.694. The molecule has 1 heterocycles. The summed E-state index contributed by atoms with van der Waals surface area (Å²) in [7, 11) is 0. The van der Waals surface area contributed by atoms with E-state index in [1.54, 1.807) is 18.2 Å². The van der Waals surface area contributed by atoms with Crippen LogP contribution in [0, 0.1) is 40.4 Å². The number of aromatic amines is 1. The Kier molecular flexibility index (Phi) is 11.4. The summed E-state index contributed by atoms with van der Waals surface area (Å²) in [5.74, 6) is 2.18. The highest BCUT2D eigenvalue weighted by molar-refractivity contribution is 5.43. The molecule has 2 aliphatic carbocycles. The van der Waals surface area contributed by atoms with Crippen LogP contribution in [0.2, 0.25) is 0 Å². The summed E-state index contributed by atoms with van der Waals surface area (Å²) in [6.07, 6.45) is 11.5. The summed E-state index contributed by atoms with van der Waals surface area (Å²) in [6, 6.07) is 1.60. The van der Waals surface area contributed by atoms with Gasteiger partial charge in [-0.3, -0.25) is 4.79 Å². The van der Waals surface area contributed by atoms with Crippen molar-refractivity contribution in [3.63, 3.8) is 0 Å². The van der Waals surface area contributed by atoms with Crippen molar-refractivity contribution in [2.24, 2.45) is 43.5 Å². The molecule has 0 spiro atoms. The van der Waals surface area contributed by atoms with E-state index in [1.165, 1.54) is 0 Å². The van der Waals surface area contributed by atoms with Crippen molar-refractivity contribution >= 4 is 18.0 Å². The van der Waals surface area contributed by atoms with Crippen LogP contribution in [0.1, 0.15) is 104 Å². The molecule has 2 N–H and O–H groups in total. The summed E-state index contributed by atoms with van der Waals surface area (Å²) in [5.41, 5.74) is 2.56. The number of ether oxygens (including phenoxy) is 1. The van der Waals surface area contributed by atoms with E-state index in [-0.39, 0.29) is 27.1 Å². The minimum absolute atomic E-state index is 0.0324. The highest BCUT2D eigenvalue weighted by Gasteiger charge is 2.42. The van der Waals surface area contributed by atoms with Gasteiger partial charge in [-0.05, 0) is 85.4 Å². The van der Waals surface area contributed by atoms with Crippen LogP contribution in [0.15, 0.2) is 45.5 Å². The monoisotopic (exact) mass is 606 g/mol. The molecule has 0 radical (unpaired) electrons. The smallest absolute Gasteiger partial charge is 0.234 e. The maximum atomic E-state index is 13.1. The lowest BCUT2D eigenvalue weighted by Gasteiger charge is -2.46. The molecular weight excluding hydrogens is 552 g/mol. The van der Waals surface area contributed by atoms with Crippen LogP contribution in [-0.2, 0) is 20.7 Å². The minimum Gasteiger partial charge on any atom is -0.498 e. The van der Waals surface area contributed by atoms with Crippen molar-refractivity contribution in [1.29, 1.82) is 0 Å². The number of aryl methyl sites for hydroxylation is 1. The molecule has 2 aliphatic rings. The van der Waals surface area contributed by atoms with E-state index in [9.17, 15) is 14.4 Å². The maximum Gasteiger partial charge on any atom is 0.234 e. The Morgan fingerprint density at radius 2 is 1.45 bits per heavy atom. The molecule has 2 saturated carbocycles. The number of hydrogen-bond donors (Lipinski definition) is 2. The Morgan fingerprint density at radius 1 is 0.932 bits per heavy atom. The third-order valence-corrected chi connectivity index (χ3v) is 9.48. The predicted octanol–water partition coefficient (Wildman–Crippen LogP) is 7.80. The number of isocyanates is 2. The highest BCUT2D eigenvalue weighted by Crippen LogP contribution is 2.51. The first-order valence-electron chi connectivity index (χ1n) is 16.0. The average molecular weight is 607 g/mol. The summed E-state index contributed by atoms with van der Waals surface area (Å²) in [5, 5.41) is 3.33. The molecule has 0 amide bonds. The van der Waals surface area contributed by atoms with Crippen LogP contribution < -0.4 is 10.7 Å². The first kappa shape index (κ1) is 35.3. The molecule has 8 heteroatoms. The Morgan fingerprint density at radius 3 is 1.95 bits per heavy atom. The molecule has 44 heavy (non-hydrogen) atoms. The fourth-order valence-electron chi connectivity index (χ4n) is 9.04. The fourth-order valence-corrected chi connectivity index (χ4v) is 9.04.